The van der Waals surface area contributed by atoms with Crippen LogP contribution in [0.15, 0.2) is 0 Å². The van der Waals surface area contributed by atoms with Crippen molar-refractivity contribution < 1.29 is 8.42 Å². The Bertz CT molecular complexity index is 273. The summed E-state index contributed by atoms with van der Waals surface area (Å²) < 4.78 is 26.1. The first kappa shape index (κ1) is 12.9. The topological polar surface area (TPSA) is 58.2 Å². The Balaban J connectivity index is 2.24. The molecule has 0 aromatic heterocycles. The Morgan fingerprint density at radius 1 is 1.40 bits per heavy atom. The number of sulfonamides is 1. The third kappa shape index (κ3) is 4.95. The molecule has 0 heterocycles. The highest BCUT2D eigenvalue weighted by molar-refractivity contribution is 7.90. The van der Waals surface area contributed by atoms with Gasteiger partial charge >= 0.3 is 0 Å². The van der Waals surface area contributed by atoms with Gasteiger partial charge in [-0.25, -0.2) is 13.1 Å². The van der Waals surface area contributed by atoms with E-state index in [1.54, 1.807) is 6.92 Å². The van der Waals surface area contributed by atoms with Crippen LogP contribution in [0.25, 0.3) is 0 Å². The standard InChI is InChI=1S/C10H22N2O2S/c1-3-6-11-7-9(2)15(13,14)12-8-10-4-5-10/h9-12H,3-8H2,1-2H3. The SMILES string of the molecule is CCCNCC(C)S(=O)(=O)NCC1CC1. The zero-order valence-electron chi connectivity index (χ0n) is 9.62. The summed E-state index contributed by atoms with van der Waals surface area (Å²) in [6.07, 6.45) is 3.37. The van der Waals surface area contributed by atoms with Crippen LogP contribution < -0.4 is 10.0 Å². The van der Waals surface area contributed by atoms with Crippen LogP contribution >= 0.6 is 0 Å². The molecule has 0 amide bonds. The summed E-state index contributed by atoms with van der Waals surface area (Å²) in [6.45, 7) is 5.85. The van der Waals surface area contributed by atoms with Crippen molar-refractivity contribution in [1.82, 2.24) is 10.0 Å². The summed E-state index contributed by atoms with van der Waals surface area (Å²) in [5, 5.41) is 2.78. The highest BCUT2D eigenvalue weighted by Crippen LogP contribution is 2.27. The average Bonchev–Trinajstić information content (AvgIpc) is 2.98. The number of nitrogens with one attached hydrogen (secondary N) is 2. The van der Waals surface area contributed by atoms with Crippen molar-refractivity contribution in [2.45, 2.75) is 38.4 Å². The lowest BCUT2D eigenvalue weighted by molar-refractivity contribution is 0.554. The first-order valence-corrected chi connectivity index (χ1v) is 7.30. The van der Waals surface area contributed by atoms with Crippen LogP contribution in [0.1, 0.15) is 33.1 Å². The molecule has 1 unspecified atom stereocenters. The molecule has 0 saturated heterocycles. The maximum absolute atomic E-state index is 11.7. The summed E-state index contributed by atoms with van der Waals surface area (Å²) in [6, 6.07) is 0. The summed E-state index contributed by atoms with van der Waals surface area (Å²) in [4.78, 5) is 0. The number of rotatable bonds is 8. The van der Waals surface area contributed by atoms with E-state index in [9.17, 15) is 8.42 Å². The molecule has 1 aliphatic carbocycles. The molecule has 1 atom stereocenters. The van der Waals surface area contributed by atoms with Gasteiger partial charge in [-0.1, -0.05) is 6.92 Å². The first-order chi connectivity index (χ1) is 7.06. The molecule has 2 N–H and O–H groups in total. The lowest BCUT2D eigenvalue weighted by atomic mass is 10.4. The second-order valence-corrected chi connectivity index (χ2v) is 6.54. The van der Waals surface area contributed by atoms with E-state index in [-0.39, 0.29) is 5.25 Å². The summed E-state index contributed by atoms with van der Waals surface area (Å²) in [5.74, 6) is 0.593. The third-order valence-electron chi connectivity index (χ3n) is 2.66. The maximum Gasteiger partial charge on any atom is 0.215 e. The molecule has 1 aliphatic rings. The van der Waals surface area contributed by atoms with Crippen LogP contribution in [0.4, 0.5) is 0 Å². The molecular formula is C10H22N2O2S. The monoisotopic (exact) mass is 234 g/mol. The molecule has 1 saturated carbocycles. The van der Waals surface area contributed by atoms with Crippen molar-refractivity contribution in [3.63, 3.8) is 0 Å². The Hall–Kier alpha value is -0.130. The quantitative estimate of drug-likeness (QED) is 0.608. The Morgan fingerprint density at radius 3 is 2.60 bits per heavy atom. The molecule has 0 spiro atoms. The third-order valence-corrected chi connectivity index (χ3v) is 4.45. The van der Waals surface area contributed by atoms with Gasteiger partial charge in [-0.05, 0) is 38.6 Å². The van der Waals surface area contributed by atoms with Gasteiger partial charge in [-0.3, -0.25) is 0 Å². The fraction of sp³-hybridized carbons (Fsp3) is 1.00. The summed E-state index contributed by atoms with van der Waals surface area (Å²) in [5.41, 5.74) is 0. The van der Waals surface area contributed by atoms with Gasteiger partial charge < -0.3 is 5.32 Å². The average molecular weight is 234 g/mol. The lowest BCUT2D eigenvalue weighted by Gasteiger charge is -2.14. The van der Waals surface area contributed by atoms with Crippen LogP contribution in [-0.4, -0.2) is 33.3 Å². The van der Waals surface area contributed by atoms with Crippen molar-refractivity contribution in [2.24, 2.45) is 5.92 Å². The van der Waals surface area contributed by atoms with Crippen LogP contribution in [-0.2, 0) is 10.0 Å². The molecule has 0 aromatic rings. The van der Waals surface area contributed by atoms with Gasteiger partial charge in [0.1, 0.15) is 0 Å². The molecule has 0 radical (unpaired) electrons. The molecular weight excluding hydrogens is 212 g/mol. The fourth-order valence-electron chi connectivity index (χ4n) is 1.29. The predicted octanol–water partition coefficient (Wildman–Crippen LogP) is 0.704. The molecule has 0 aliphatic heterocycles. The van der Waals surface area contributed by atoms with Crippen LogP contribution in [0, 0.1) is 5.92 Å². The number of hydrogen-bond acceptors (Lipinski definition) is 3. The van der Waals surface area contributed by atoms with E-state index in [4.69, 9.17) is 0 Å². The van der Waals surface area contributed by atoms with Crippen LogP contribution in [0.2, 0.25) is 0 Å². The highest BCUT2D eigenvalue weighted by Gasteiger charge is 2.26. The summed E-state index contributed by atoms with van der Waals surface area (Å²) >= 11 is 0. The van der Waals surface area contributed by atoms with Gasteiger partial charge in [0.25, 0.3) is 0 Å². The Labute approximate surface area is 92.9 Å². The van der Waals surface area contributed by atoms with Crippen molar-refractivity contribution in [3.05, 3.63) is 0 Å². The smallest absolute Gasteiger partial charge is 0.215 e. The van der Waals surface area contributed by atoms with E-state index in [2.05, 4.69) is 17.0 Å². The molecule has 1 rings (SSSR count). The summed E-state index contributed by atoms with van der Waals surface area (Å²) in [7, 11) is -3.11. The van der Waals surface area contributed by atoms with E-state index in [1.807, 2.05) is 0 Å². The van der Waals surface area contributed by atoms with Crippen LogP contribution in [0.5, 0.6) is 0 Å². The molecule has 0 aromatic carbocycles. The zero-order chi connectivity index (χ0) is 11.3. The normalized spacial score (nSPS) is 19.1. The molecule has 90 valence electrons. The van der Waals surface area contributed by atoms with Crippen molar-refractivity contribution in [1.29, 1.82) is 0 Å². The van der Waals surface area contributed by atoms with Crippen molar-refractivity contribution >= 4 is 10.0 Å². The van der Waals surface area contributed by atoms with Gasteiger partial charge in [0.2, 0.25) is 10.0 Å². The molecule has 4 nitrogen and oxygen atoms in total. The van der Waals surface area contributed by atoms with Gasteiger partial charge in [0.15, 0.2) is 0 Å². The molecule has 1 fully saturated rings. The van der Waals surface area contributed by atoms with Crippen molar-refractivity contribution in [2.75, 3.05) is 19.6 Å². The zero-order valence-corrected chi connectivity index (χ0v) is 10.4. The lowest BCUT2D eigenvalue weighted by Crippen LogP contribution is -2.39. The minimum absolute atomic E-state index is 0.345. The van der Waals surface area contributed by atoms with E-state index in [0.717, 1.165) is 13.0 Å². The van der Waals surface area contributed by atoms with Gasteiger partial charge in [0, 0.05) is 13.1 Å². The maximum atomic E-state index is 11.7. The fourth-order valence-corrected chi connectivity index (χ4v) is 2.38. The van der Waals surface area contributed by atoms with E-state index in [1.165, 1.54) is 12.8 Å². The van der Waals surface area contributed by atoms with Crippen molar-refractivity contribution in [3.8, 4) is 0 Å². The second-order valence-electron chi connectivity index (χ2n) is 4.35. The first-order valence-electron chi connectivity index (χ1n) is 5.75. The molecule has 15 heavy (non-hydrogen) atoms. The van der Waals surface area contributed by atoms with E-state index in [0.29, 0.717) is 19.0 Å². The number of hydrogen-bond donors (Lipinski definition) is 2. The van der Waals surface area contributed by atoms with Gasteiger partial charge in [-0.2, -0.15) is 0 Å². The van der Waals surface area contributed by atoms with Gasteiger partial charge in [-0.15, -0.1) is 0 Å². The largest absolute Gasteiger partial charge is 0.315 e. The minimum Gasteiger partial charge on any atom is -0.315 e. The van der Waals surface area contributed by atoms with Crippen LogP contribution in [0.3, 0.4) is 0 Å². The van der Waals surface area contributed by atoms with E-state index >= 15 is 0 Å². The minimum atomic E-state index is -3.11. The Morgan fingerprint density at radius 2 is 2.07 bits per heavy atom. The molecule has 0 bridgehead atoms. The van der Waals surface area contributed by atoms with E-state index < -0.39 is 10.0 Å². The molecule has 5 heteroatoms. The Kier molecular flexibility index (Phi) is 5.02. The second kappa shape index (κ2) is 5.82. The highest BCUT2D eigenvalue weighted by atomic mass is 32.2. The van der Waals surface area contributed by atoms with Gasteiger partial charge in [0.05, 0.1) is 5.25 Å². The predicted molar refractivity (Wildman–Crippen MR) is 62.3 cm³/mol.